The third-order valence-electron chi connectivity index (χ3n) is 2.16. The second kappa shape index (κ2) is 6.21. The van der Waals surface area contributed by atoms with Crippen LogP contribution in [-0.2, 0) is 0 Å². The predicted octanol–water partition coefficient (Wildman–Crippen LogP) is 1.70. The molecule has 0 radical (unpaired) electrons. The SMILES string of the molecule is CNc1nc(Cl)nc(N(CCC#N)C(C)C)n1. The first-order valence-corrected chi connectivity index (χ1v) is 5.69. The predicted molar refractivity (Wildman–Crippen MR) is 67.1 cm³/mol. The molecule has 1 heterocycles. The molecule has 7 heteroatoms. The van der Waals surface area contributed by atoms with Crippen molar-refractivity contribution in [2.24, 2.45) is 0 Å². The van der Waals surface area contributed by atoms with E-state index in [1.807, 2.05) is 18.7 Å². The molecule has 0 amide bonds. The topological polar surface area (TPSA) is 77.7 Å². The van der Waals surface area contributed by atoms with Crippen molar-refractivity contribution in [2.45, 2.75) is 26.3 Å². The Morgan fingerprint density at radius 2 is 2.12 bits per heavy atom. The van der Waals surface area contributed by atoms with Crippen LogP contribution in [0.4, 0.5) is 11.9 Å². The smallest absolute Gasteiger partial charge is 0.231 e. The lowest BCUT2D eigenvalue weighted by Crippen LogP contribution is -2.33. The number of hydrogen-bond donors (Lipinski definition) is 1. The van der Waals surface area contributed by atoms with Crippen molar-refractivity contribution in [3.63, 3.8) is 0 Å². The minimum atomic E-state index is 0.141. The number of rotatable bonds is 5. The Hall–Kier alpha value is -1.61. The summed E-state index contributed by atoms with van der Waals surface area (Å²) in [6.07, 6.45) is 0.413. The van der Waals surface area contributed by atoms with Gasteiger partial charge in [0.1, 0.15) is 0 Å². The van der Waals surface area contributed by atoms with Crippen LogP contribution in [0.3, 0.4) is 0 Å². The summed E-state index contributed by atoms with van der Waals surface area (Å²) in [5, 5.41) is 11.6. The van der Waals surface area contributed by atoms with Gasteiger partial charge in [0.25, 0.3) is 0 Å². The molecule has 0 aliphatic heterocycles. The molecule has 0 saturated carbocycles. The first kappa shape index (κ1) is 13.5. The molecule has 0 aliphatic rings. The van der Waals surface area contributed by atoms with Crippen LogP contribution in [0.15, 0.2) is 0 Å². The molecule has 6 nitrogen and oxygen atoms in total. The largest absolute Gasteiger partial charge is 0.357 e. The summed E-state index contributed by atoms with van der Waals surface area (Å²) in [4.78, 5) is 14.1. The molecule has 0 saturated heterocycles. The Kier molecular flexibility index (Phi) is 4.91. The van der Waals surface area contributed by atoms with E-state index in [1.165, 1.54) is 0 Å². The maximum atomic E-state index is 8.63. The van der Waals surface area contributed by atoms with Crippen LogP contribution in [0.25, 0.3) is 0 Å². The quantitative estimate of drug-likeness (QED) is 0.862. The Morgan fingerprint density at radius 1 is 1.41 bits per heavy atom. The van der Waals surface area contributed by atoms with Crippen LogP contribution in [0.2, 0.25) is 5.28 Å². The van der Waals surface area contributed by atoms with E-state index in [1.54, 1.807) is 7.05 Å². The fourth-order valence-electron chi connectivity index (χ4n) is 1.34. The van der Waals surface area contributed by atoms with E-state index in [9.17, 15) is 0 Å². The minimum absolute atomic E-state index is 0.141. The van der Waals surface area contributed by atoms with Gasteiger partial charge < -0.3 is 10.2 Å². The van der Waals surface area contributed by atoms with Crippen LogP contribution >= 0.6 is 11.6 Å². The average molecular weight is 255 g/mol. The molecule has 0 fully saturated rings. The highest BCUT2D eigenvalue weighted by molar-refractivity contribution is 6.28. The van der Waals surface area contributed by atoms with Gasteiger partial charge in [-0.3, -0.25) is 0 Å². The molecule has 0 spiro atoms. The van der Waals surface area contributed by atoms with Crippen molar-refractivity contribution in [2.75, 3.05) is 23.8 Å². The van der Waals surface area contributed by atoms with Crippen molar-refractivity contribution < 1.29 is 0 Å². The lowest BCUT2D eigenvalue weighted by Gasteiger charge is -2.25. The monoisotopic (exact) mass is 254 g/mol. The summed E-state index contributed by atoms with van der Waals surface area (Å²) in [7, 11) is 1.71. The van der Waals surface area contributed by atoms with Crippen molar-refractivity contribution in [1.82, 2.24) is 15.0 Å². The minimum Gasteiger partial charge on any atom is -0.357 e. The number of anilines is 2. The number of nitriles is 1. The molecule has 1 N–H and O–H groups in total. The van der Waals surface area contributed by atoms with Crippen LogP contribution in [0, 0.1) is 11.3 Å². The maximum absolute atomic E-state index is 8.63. The first-order valence-electron chi connectivity index (χ1n) is 5.31. The van der Waals surface area contributed by atoms with Crippen molar-refractivity contribution in [3.8, 4) is 6.07 Å². The van der Waals surface area contributed by atoms with Crippen LogP contribution in [0.1, 0.15) is 20.3 Å². The zero-order valence-electron chi connectivity index (χ0n) is 10.1. The molecule has 0 aromatic carbocycles. The van der Waals surface area contributed by atoms with Gasteiger partial charge in [0.05, 0.1) is 12.5 Å². The van der Waals surface area contributed by atoms with E-state index in [4.69, 9.17) is 16.9 Å². The van der Waals surface area contributed by atoms with E-state index < -0.39 is 0 Å². The summed E-state index contributed by atoms with van der Waals surface area (Å²) in [5.74, 6) is 0.905. The summed E-state index contributed by atoms with van der Waals surface area (Å²) in [5.41, 5.74) is 0. The van der Waals surface area contributed by atoms with Gasteiger partial charge in [-0.1, -0.05) is 0 Å². The Bertz CT molecular complexity index is 414. The number of nitrogens with one attached hydrogen (secondary N) is 1. The lowest BCUT2D eigenvalue weighted by molar-refractivity contribution is 0.663. The zero-order valence-corrected chi connectivity index (χ0v) is 10.9. The van der Waals surface area contributed by atoms with Crippen molar-refractivity contribution in [3.05, 3.63) is 5.28 Å². The zero-order chi connectivity index (χ0) is 12.8. The normalized spacial score (nSPS) is 10.1. The van der Waals surface area contributed by atoms with E-state index in [0.29, 0.717) is 24.9 Å². The molecule has 0 bridgehead atoms. The number of aromatic nitrogens is 3. The van der Waals surface area contributed by atoms with Crippen molar-refractivity contribution >= 4 is 23.5 Å². The highest BCUT2D eigenvalue weighted by Gasteiger charge is 2.15. The molecule has 92 valence electrons. The third-order valence-corrected chi connectivity index (χ3v) is 2.33. The molecule has 1 aromatic rings. The average Bonchev–Trinajstić information content (AvgIpc) is 2.28. The van der Waals surface area contributed by atoms with E-state index in [2.05, 4.69) is 26.3 Å². The first-order chi connectivity index (χ1) is 8.08. The van der Waals surface area contributed by atoms with E-state index in [0.717, 1.165) is 0 Å². The Morgan fingerprint density at radius 3 is 2.65 bits per heavy atom. The second-order valence-corrected chi connectivity index (χ2v) is 4.01. The van der Waals surface area contributed by atoms with E-state index in [-0.39, 0.29) is 11.3 Å². The van der Waals surface area contributed by atoms with Gasteiger partial charge in [-0.25, -0.2) is 0 Å². The molecule has 1 rings (SSSR count). The molecule has 1 aromatic heterocycles. The third kappa shape index (κ3) is 3.71. The van der Waals surface area contributed by atoms with Gasteiger partial charge in [0, 0.05) is 19.6 Å². The highest BCUT2D eigenvalue weighted by Crippen LogP contribution is 2.16. The maximum Gasteiger partial charge on any atom is 0.231 e. The second-order valence-electron chi connectivity index (χ2n) is 3.67. The fourth-order valence-corrected chi connectivity index (χ4v) is 1.50. The fraction of sp³-hybridized carbons (Fsp3) is 0.600. The summed E-state index contributed by atoms with van der Waals surface area (Å²) < 4.78 is 0. The van der Waals surface area contributed by atoms with Gasteiger partial charge in [-0.05, 0) is 25.4 Å². The van der Waals surface area contributed by atoms with Gasteiger partial charge >= 0.3 is 0 Å². The Labute approximate surface area is 106 Å². The van der Waals surface area contributed by atoms with Crippen LogP contribution in [0.5, 0.6) is 0 Å². The lowest BCUT2D eigenvalue weighted by atomic mass is 10.3. The van der Waals surface area contributed by atoms with Gasteiger partial charge in [-0.15, -0.1) is 0 Å². The molecule has 0 unspecified atom stereocenters. The molecular weight excluding hydrogens is 240 g/mol. The number of halogens is 1. The van der Waals surface area contributed by atoms with Gasteiger partial charge in [-0.2, -0.15) is 20.2 Å². The van der Waals surface area contributed by atoms with Crippen LogP contribution < -0.4 is 10.2 Å². The molecule has 0 atom stereocenters. The molecular formula is C10H15ClN6. The molecule has 0 aliphatic carbocycles. The standard InChI is InChI=1S/C10H15ClN6/c1-7(2)17(6-4-5-12)10-15-8(11)14-9(13-3)16-10/h7H,4,6H2,1-3H3,(H,13,14,15,16). The van der Waals surface area contributed by atoms with Crippen molar-refractivity contribution in [1.29, 1.82) is 5.26 Å². The summed E-state index contributed by atoms with van der Waals surface area (Å²) >= 11 is 5.82. The van der Waals surface area contributed by atoms with Gasteiger partial charge in [0.2, 0.25) is 17.2 Å². The highest BCUT2D eigenvalue weighted by atomic mass is 35.5. The van der Waals surface area contributed by atoms with Crippen LogP contribution in [-0.4, -0.2) is 34.6 Å². The Balaban J connectivity index is 3.01. The summed E-state index contributed by atoms with van der Waals surface area (Å²) in [6, 6.07) is 2.29. The number of nitrogens with zero attached hydrogens (tertiary/aromatic N) is 5. The van der Waals surface area contributed by atoms with Gasteiger partial charge in [0.15, 0.2) is 0 Å². The molecule has 17 heavy (non-hydrogen) atoms. The van der Waals surface area contributed by atoms with E-state index >= 15 is 0 Å². The summed E-state index contributed by atoms with van der Waals surface area (Å²) in [6.45, 7) is 4.58. The number of hydrogen-bond acceptors (Lipinski definition) is 6.